The predicted molar refractivity (Wildman–Crippen MR) is 76.3 cm³/mol. The van der Waals surface area contributed by atoms with E-state index in [-0.39, 0.29) is 16.9 Å². The van der Waals surface area contributed by atoms with E-state index < -0.39 is 13.1 Å². The van der Waals surface area contributed by atoms with Crippen molar-refractivity contribution in [3.63, 3.8) is 0 Å². The minimum absolute atomic E-state index is 0.0257. The second-order valence-corrected chi connectivity index (χ2v) is 5.77. The van der Waals surface area contributed by atoms with Crippen LogP contribution in [0.25, 0.3) is 6.08 Å². The smallest absolute Gasteiger partial charge is 0.477 e. The van der Waals surface area contributed by atoms with Crippen LogP contribution >= 0.6 is 0 Å². The van der Waals surface area contributed by atoms with Crippen LogP contribution in [0, 0.1) is 0 Å². The third kappa shape index (κ3) is 2.91. The average molecular weight is 275 g/mol. The first-order valence-corrected chi connectivity index (χ1v) is 6.44. The molecule has 0 aliphatic carbocycles. The van der Waals surface area contributed by atoms with Gasteiger partial charge in [-0.05, 0) is 39.3 Å². The number of nitrogens with zero attached hydrogens (tertiary/aromatic N) is 1. The number of hydrogen-bond acceptors (Lipinski definition) is 4. The summed E-state index contributed by atoms with van der Waals surface area (Å²) < 4.78 is 11.6. The lowest BCUT2D eigenvalue weighted by Crippen LogP contribution is -2.41. The molecule has 106 valence electrons. The van der Waals surface area contributed by atoms with Gasteiger partial charge in [0.15, 0.2) is 0 Å². The van der Waals surface area contributed by atoms with Crippen molar-refractivity contribution in [2.45, 2.75) is 38.9 Å². The number of rotatable bonds is 3. The molecule has 0 unspecified atom stereocenters. The Hall–Kier alpha value is -1.66. The lowest BCUT2D eigenvalue weighted by atomic mass is 9.89. The molecule has 1 aromatic rings. The van der Waals surface area contributed by atoms with Crippen LogP contribution in [0.2, 0.25) is 0 Å². The van der Waals surface area contributed by atoms with E-state index >= 15 is 0 Å². The summed E-state index contributed by atoms with van der Waals surface area (Å²) in [5.41, 5.74) is 0.0865. The van der Waals surface area contributed by atoms with Crippen molar-refractivity contribution in [2.75, 3.05) is 0 Å². The molecule has 5 nitrogen and oxygen atoms in total. The monoisotopic (exact) mass is 275 g/mol. The topological polar surface area (TPSA) is 68.7 Å². The molecule has 0 saturated carbocycles. The molecule has 1 fully saturated rings. The molecule has 1 N–H and O–H groups in total. The van der Waals surface area contributed by atoms with Crippen molar-refractivity contribution in [2.24, 2.45) is 0 Å². The molecular weight excluding hydrogens is 257 g/mol. The molecule has 0 bridgehead atoms. The van der Waals surface area contributed by atoms with E-state index in [2.05, 4.69) is 4.98 Å². The maximum Gasteiger partial charge on any atom is 0.487 e. The van der Waals surface area contributed by atoms with Crippen molar-refractivity contribution < 1.29 is 19.2 Å². The minimum atomic E-state index is -1.04. The van der Waals surface area contributed by atoms with Gasteiger partial charge in [-0.15, -0.1) is 0 Å². The molecule has 2 rings (SSSR count). The van der Waals surface area contributed by atoms with E-state index in [9.17, 15) is 4.79 Å². The first kappa shape index (κ1) is 14.7. The number of hydrogen-bond donors (Lipinski definition) is 1. The van der Waals surface area contributed by atoms with Gasteiger partial charge >= 0.3 is 13.1 Å². The summed E-state index contributed by atoms with van der Waals surface area (Å²) >= 11 is 0. The fourth-order valence-corrected chi connectivity index (χ4v) is 1.79. The highest BCUT2D eigenvalue weighted by Gasteiger charge is 2.49. The molecule has 0 radical (unpaired) electrons. The van der Waals surface area contributed by atoms with Crippen LogP contribution in [0.4, 0.5) is 0 Å². The van der Waals surface area contributed by atoms with Gasteiger partial charge in [-0.2, -0.15) is 0 Å². The van der Waals surface area contributed by atoms with E-state index in [1.165, 1.54) is 12.3 Å². The van der Waals surface area contributed by atoms with Crippen LogP contribution in [0.15, 0.2) is 24.3 Å². The van der Waals surface area contributed by atoms with Gasteiger partial charge in [-0.1, -0.05) is 18.1 Å². The highest BCUT2D eigenvalue weighted by atomic mass is 16.7. The van der Waals surface area contributed by atoms with E-state index in [0.717, 1.165) is 5.56 Å². The van der Waals surface area contributed by atoms with E-state index in [1.807, 2.05) is 27.7 Å². The zero-order valence-corrected chi connectivity index (χ0v) is 12.1. The van der Waals surface area contributed by atoms with Crippen LogP contribution < -0.4 is 0 Å². The molecular formula is C14H18BNO4. The summed E-state index contributed by atoms with van der Waals surface area (Å²) in [7, 11) is -0.417. The van der Waals surface area contributed by atoms with E-state index in [0.29, 0.717) is 0 Å². The fraction of sp³-hybridized carbons (Fsp3) is 0.429. The van der Waals surface area contributed by atoms with Crippen molar-refractivity contribution in [3.05, 3.63) is 35.6 Å². The Bertz CT molecular complexity index is 521. The van der Waals surface area contributed by atoms with Crippen LogP contribution in [-0.4, -0.2) is 34.4 Å². The maximum absolute atomic E-state index is 10.7. The minimum Gasteiger partial charge on any atom is -0.477 e. The van der Waals surface area contributed by atoms with Crippen molar-refractivity contribution in [1.29, 1.82) is 0 Å². The molecule has 1 aliphatic heterocycles. The molecule has 0 spiro atoms. The number of carboxylic acid groups (broad SMARTS) is 1. The summed E-state index contributed by atoms with van der Waals surface area (Å²) in [6.45, 7) is 7.96. The predicted octanol–water partition coefficient (Wildman–Crippen LogP) is 2.42. The molecule has 1 saturated heterocycles. The average Bonchev–Trinajstić information content (AvgIpc) is 2.56. The Morgan fingerprint density at radius 1 is 1.25 bits per heavy atom. The molecule has 0 aromatic carbocycles. The summed E-state index contributed by atoms with van der Waals surface area (Å²) in [4.78, 5) is 14.5. The molecule has 20 heavy (non-hydrogen) atoms. The molecule has 2 heterocycles. The Morgan fingerprint density at radius 2 is 1.85 bits per heavy atom. The normalized spacial score (nSPS) is 20.5. The first-order valence-electron chi connectivity index (χ1n) is 6.44. The van der Waals surface area contributed by atoms with Crippen LogP contribution in [0.1, 0.15) is 43.7 Å². The Kier molecular flexibility index (Phi) is 3.71. The van der Waals surface area contributed by atoms with Gasteiger partial charge in [0.05, 0.1) is 11.2 Å². The quantitative estimate of drug-likeness (QED) is 0.858. The van der Waals surface area contributed by atoms with Gasteiger partial charge in [0, 0.05) is 6.20 Å². The van der Waals surface area contributed by atoms with Crippen molar-refractivity contribution in [1.82, 2.24) is 4.98 Å². The van der Waals surface area contributed by atoms with Crippen LogP contribution in [0.3, 0.4) is 0 Å². The number of carboxylic acids is 1. The van der Waals surface area contributed by atoms with Gasteiger partial charge in [0.25, 0.3) is 0 Å². The van der Waals surface area contributed by atoms with Gasteiger partial charge in [0.1, 0.15) is 5.69 Å². The highest BCUT2D eigenvalue weighted by molar-refractivity contribution is 6.52. The van der Waals surface area contributed by atoms with E-state index in [1.54, 1.807) is 18.1 Å². The Labute approximate surface area is 118 Å². The molecule has 1 aliphatic rings. The second kappa shape index (κ2) is 5.03. The largest absolute Gasteiger partial charge is 0.487 e. The molecule has 0 amide bonds. The van der Waals surface area contributed by atoms with Gasteiger partial charge < -0.3 is 14.4 Å². The van der Waals surface area contributed by atoms with Crippen LogP contribution in [-0.2, 0) is 9.31 Å². The summed E-state index contributed by atoms with van der Waals surface area (Å²) in [5.74, 6) is 0.764. The SMILES string of the molecule is CC1(C)OB(/C=C/c2ccc(C(=O)O)nc2)OC1(C)C. The zero-order chi connectivity index (χ0) is 15.0. The van der Waals surface area contributed by atoms with Crippen molar-refractivity contribution in [3.8, 4) is 0 Å². The zero-order valence-electron chi connectivity index (χ0n) is 12.1. The third-order valence-electron chi connectivity index (χ3n) is 3.72. The Balaban J connectivity index is 2.06. The number of aromatic nitrogens is 1. The number of aromatic carboxylic acids is 1. The van der Waals surface area contributed by atoms with Gasteiger partial charge in [-0.25, -0.2) is 9.78 Å². The summed E-state index contributed by atoms with van der Waals surface area (Å²) in [6.07, 6.45) is 3.31. The molecule has 1 aromatic heterocycles. The fourth-order valence-electron chi connectivity index (χ4n) is 1.79. The van der Waals surface area contributed by atoms with Gasteiger partial charge in [0.2, 0.25) is 0 Å². The first-order chi connectivity index (χ1) is 9.21. The highest BCUT2D eigenvalue weighted by Crippen LogP contribution is 2.36. The number of pyridine rings is 1. The standard InChI is InChI=1S/C14H18BNO4/c1-13(2)14(3,4)20-15(19-13)8-7-10-5-6-11(12(17)18)16-9-10/h5-9H,1-4H3,(H,17,18)/b8-7+. The third-order valence-corrected chi connectivity index (χ3v) is 3.72. The lowest BCUT2D eigenvalue weighted by Gasteiger charge is -2.32. The van der Waals surface area contributed by atoms with Crippen LogP contribution in [0.5, 0.6) is 0 Å². The number of carbonyl (C=O) groups is 1. The summed E-state index contributed by atoms with van der Waals surface area (Å²) in [6, 6.07) is 3.16. The maximum atomic E-state index is 10.7. The summed E-state index contributed by atoms with van der Waals surface area (Å²) in [5, 5.41) is 8.77. The van der Waals surface area contributed by atoms with Crippen molar-refractivity contribution >= 4 is 19.2 Å². The van der Waals surface area contributed by atoms with Gasteiger partial charge in [-0.3, -0.25) is 0 Å². The lowest BCUT2D eigenvalue weighted by molar-refractivity contribution is 0.00578. The van der Waals surface area contributed by atoms with E-state index in [4.69, 9.17) is 14.4 Å². The second-order valence-electron chi connectivity index (χ2n) is 5.77. The Morgan fingerprint density at radius 3 is 2.30 bits per heavy atom. The molecule has 0 atom stereocenters. The molecule has 6 heteroatoms.